The van der Waals surface area contributed by atoms with Crippen molar-refractivity contribution in [3.63, 3.8) is 0 Å². The Kier molecular flexibility index (Phi) is 3.08. The molecule has 3 rings (SSSR count). The van der Waals surface area contributed by atoms with Crippen LogP contribution in [0.25, 0.3) is 0 Å². The molecule has 1 unspecified atom stereocenters. The largest absolute Gasteiger partial charge is 0.508 e. The van der Waals surface area contributed by atoms with Gasteiger partial charge in [0.2, 0.25) is 0 Å². The van der Waals surface area contributed by atoms with Gasteiger partial charge in [0.05, 0.1) is 0 Å². The van der Waals surface area contributed by atoms with E-state index >= 15 is 0 Å². The summed E-state index contributed by atoms with van der Waals surface area (Å²) in [6, 6.07) is 5.16. The summed E-state index contributed by atoms with van der Waals surface area (Å²) in [7, 11) is 0. The highest BCUT2D eigenvalue weighted by molar-refractivity contribution is 6.00. The van der Waals surface area contributed by atoms with Crippen molar-refractivity contribution in [2.45, 2.75) is 25.7 Å². The quantitative estimate of drug-likeness (QED) is 0.797. The lowest BCUT2D eigenvalue weighted by Crippen LogP contribution is -2.36. The van der Waals surface area contributed by atoms with Crippen LogP contribution in [0.15, 0.2) is 18.2 Å². The first-order chi connectivity index (χ1) is 8.75. The van der Waals surface area contributed by atoms with Gasteiger partial charge in [0.1, 0.15) is 5.75 Å². The molecule has 1 aliphatic heterocycles. The maximum atomic E-state index is 12.5. The SMILES string of the molecule is O=C1c2ccc(O)cc2CCC1C1CCNCC1. The van der Waals surface area contributed by atoms with Crippen LogP contribution in [-0.2, 0) is 6.42 Å². The summed E-state index contributed by atoms with van der Waals surface area (Å²) in [4.78, 5) is 12.5. The summed E-state index contributed by atoms with van der Waals surface area (Å²) in [6.45, 7) is 2.08. The average molecular weight is 245 g/mol. The van der Waals surface area contributed by atoms with E-state index < -0.39 is 0 Å². The minimum Gasteiger partial charge on any atom is -0.508 e. The fraction of sp³-hybridized carbons (Fsp3) is 0.533. The standard InChI is InChI=1S/C15H19NO2/c17-12-2-4-14-11(9-12)1-3-13(15(14)18)10-5-7-16-8-6-10/h2,4,9-10,13,16-17H,1,3,5-8H2. The van der Waals surface area contributed by atoms with Crippen LogP contribution in [-0.4, -0.2) is 24.0 Å². The fourth-order valence-corrected chi connectivity index (χ4v) is 3.37. The number of rotatable bonds is 1. The Morgan fingerprint density at radius 3 is 2.72 bits per heavy atom. The highest BCUT2D eigenvalue weighted by Gasteiger charge is 2.33. The van der Waals surface area contributed by atoms with Crippen molar-refractivity contribution in [3.05, 3.63) is 29.3 Å². The Morgan fingerprint density at radius 1 is 1.17 bits per heavy atom. The van der Waals surface area contributed by atoms with Gasteiger partial charge >= 0.3 is 0 Å². The lowest BCUT2D eigenvalue weighted by Gasteiger charge is -2.33. The summed E-state index contributed by atoms with van der Waals surface area (Å²) in [5, 5.41) is 12.8. The van der Waals surface area contributed by atoms with Crippen molar-refractivity contribution in [1.29, 1.82) is 0 Å². The van der Waals surface area contributed by atoms with E-state index in [0.29, 0.717) is 11.7 Å². The van der Waals surface area contributed by atoms with Gasteiger partial charge in [0.25, 0.3) is 0 Å². The monoisotopic (exact) mass is 245 g/mol. The average Bonchev–Trinajstić information content (AvgIpc) is 2.40. The van der Waals surface area contributed by atoms with E-state index in [0.717, 1.165) is 49.9 Å². The Morgan fingerprint density at radius 2 is 1.94 bits per heavy atom. The molecule has 0 amide bonds. The van der Waals surface area contributed by atoms with Gasteiger partial charge in [-0.15, -0.1) is 0 Å². The van der Waals surface area contributed by atoms with Crippen molar-refractivity contribution >= 4 is 5.78 Å². The summed E-state index contributed by atoms with van der Waals surface area (Å²) >= 11 is 0. The van der Waals surface area contributed by atoms with Crippen LogP contribution in [0.3, 0.4) is 0 Å². The first-order valence-electron chi connectivity index (χ1n) is 6.82. The zero-order chi connectivity index (χ0) is 12.5. The first-order valence-corrected chi connectivity index (χ1v) is 6.82. The normalized spacial score (nSPS) is 24.9. The maximum absolute atomic E-state index is 12.5. The Hall–Kier alpha value is -1.35. The third kappa shape index (κ3) is 2.03. The van der Waals surface area contributed by atoms with Crippen LogP contribution >= 0.6 is 0 Å². The Bertz CT molecular complexity index is 464. The summed E-state index contributed by atoms with van der Waals surface area (Å²) < 4.78 is 0. The van der Waals surface area contributed by atoms with Gasteiger partial charge in [-0.1, -0.05) is 0 Å². The van der Waals surface area contributed by atoms with Gasteiger partial charge in [0, 0.05) is 11.5 Å². The smallest absolute Gasteiger partial charge is 0.166 e. The zero-order valence-corrected chi connectivity index (χ0v) is 10.5. The van der Waals surface area contributed by atoms with Gasteiger partial charge in [0.15, 0.2) is 5.78 Å². The third-order valence-electron chi connectivity index (χ3n) is 4.37. The van der Waals surface area contributed by atoms with Crippen LogP contribution in [0.1, 0.15) is 35.2 Å². The number of phenolic OH excluding ortho intramolecular Hbond substituents is 1. The molecule has 0 saturated carbocycles. The van der Waals surface area contributed by atoms with Gasteiger partial charge in [-0.2, -0.15) is 0 Å². The second-order valence-electron chi connectivity index (χ2n) is 5.44. The van der Waals surface area contributed by atoms with E-state index in [1.165, 1.54) is 0 Å². The molecule has 1 heterocycles. The molecular formula is C15H19NO2. The molecule has 1 aliphatic carbocycles. The number of benzene rings is 1. The summed E-state index contributed by atoms with van der Waals surface area (Å²) in [5.74, 6) is 1.30. The van der Waals surface area contributed by atoms with Crippen molar-refractivity contribution in [2.75, 3.05) is 13.1 Å². The Balaban J connectivity index is 1.84. The van der Waals surface area contributed by atoms with E-state index in [2.05, 4.69) is 5.32 Å². The highest BCUT2D eigenvalue weighted by Crippen LogP contribution is 2.35. The number of Topliss-reactive ketones (excluding diaryl/α,β-unsaturated/α-hetero) is 1. The fourth-order valence-electron chi connectivity index (χ4n) is 3.37. The number of piperidine rings is 1. The lowest BCUT2D eigenvalue weighted by molar-refractivity contribution is 0.0825. The number of phenols is 1. The second-order valence-corrected chi connectivity index (χ2v) is 5.44. The molecule has 3 nitrogen and oxygen atoms in total. The molecule has 1 aromatic carbocycles. The number of hydrogen-bond donors (Lipinski definition) is 2. The first kappa shape index (κ1) is 11.7. The van der Waals surface area contributed by atoms with Gasteiger partial charge in [-0.05, 0) is 68.5 Å². The van der Waals surface area contributed by atoms with E-state index in [4.69, 9.17) is 0 Å². The van der Waals surface area contributed by atoms with Crippen molar-refractivity contribution in [2.24, 2.45) is 11.8 Å². The molecule has 96 valence electrons. The van der Waals surface area contributed by atoms with E-state index in [1.54, 1.807) is 18.2 Å². The minimum absolute atomic E-state index is 0.198. The van der Waals surface area contributed by atoms with E-state index in [1.807, 2.05) is 0 Å². The van der Waals surface area contributed by atoms with Crippen molar-refractivity contribution < 1.29 is 9.90 Å². The molecule has 2 aliphatic rings. The number of nitrogens with one attached hydrogen (secondary N) is 1. The number of fused-ring (bicyclic) bond motifs is 1. The Labute approximate surface area is 107 Å². The molecule has 0 bridgehead atoms. The topological polar surface area (TPSA) is 49.3 Å². The maximum Gasteiger partial charge on any atom is 0.166 e. The molecule has 1 saturated heterocycles. The minimum atomic E-state index is 0.198. The molecule has 0 aromatic heterocycles. The predicted molar refractivity (Wildman–Crippen MR) is 69.8 cm³/mol. The second kappa shape index (κ2) is 4.73. The van der Waals surface area contributed by atoms with E-state index in [9.17, 15) is 9.90 Å². The number of aromatic hydroxyl groups is 1. The molecule has 18 heavy (non-hydrogen) atoms. The number of aryl methyl sites for hydroxylation is 1. The number of hydrogen-bond acceptors (Lipinski definition) is 3. The number of ketones is 1. The number of carbonyl (C=O) groups excluding carboxylic acids is 1. The van der Waals surface area contributed by atoms with Crippen LogP contribution in [0.4, 0.5) is 0 Å². The molecule has 1 atom stereocenters. The molecule has 0 radical (unpaired) electrons. The molecule has 1 fully saturated rings. The zero-order valence-electron chi connectivity index (χ0n) is 10.5. The summed E-state index contributed by atoms with van der Waals surface area (Å²) in [5.41, 5.74) is 1.85. The van der Waals surface area contributed by atoms with Gasteiger partial charge in [-0.3, -0.25) is 4.79 Å². The van der Waals surface area contributed by atoms with E-state index in [-0.39, 0.29) is 11.7 Å². The molecule has 3 heteroatoms. The van der Waals surface area contributed by atoms with Gasteiger partial charge in [-0.25, -0.2) is 0 Å². The molecular weight excluding hydrogens is 226 g/mol. The summed E-state index contributed by atoms with van der Waals surface area (Å²) in [6.07, 6.45) is 4.09. The van der Waals surface area contributed by atoms with Crippen molar-refractivity contribution in [3.8, 4) is 5.75 Å². The number of carbonyl (C=O) groups is 1. The molecule has 2 N–H and O–H groups in total. The van der Waals surface area contributed by atoms with Crippen LogP contribution in [0.2, 0.25) is 0 Å². The van der Waals surface area contributed by atoms with Gasteiger partial charge < -0.3 is 10.4 Å². The van der Waals surface area contributed by atoms with Crippen molar-refractivity contribution in [1.82, 2.24) is 5.32 Å². The van der Waals surface area contributed by atoms with Crippen LogP contribution < -0.4 is 5.32 Å². The van der Waals surface area contributed by atoms with Crippen LogP contribution in [0.5, 0.6) is 5.75 Å². The van der Waals surface area contributed by atoms with Crippen LogP contribution in [0, 0.1) is 11.8 Å². The highest BCUT2D eigenvalue weighted by atomic mass is 16.3. The molecule has 0 spiro atoms. The molecule has 1 aromatic rings. The third-order valence-corrected chi connectivity index (χ3v) is 4.37. The predicted octanol–water partition coefficient (Wildman–Crippen LogP) is 2.14. The lowest BCUT2D eigenvalue weighted by atomic mass is 9.73.